The largest absolute Gasteiger partial charge is 0.497 e. The Morgan fingerprint density at radius 2 is 1.82 bits per heavy atom. The van der Waals surface area contributed by atoms with Crippen molar-refractivity contribution in [2.45, 2.75) is 27.2 Å². The van der Waals surface area contributed by atoms with Gasteiger partial charge in [0.2, 0.25) is 5.13 Å². The zero-order valence-corrected chi connectivity index (χ0v) is 20.5. The number of hydrogen-bond donors (Lipinski definition) is 2. The molecule has 34 heavy (non-hydrogen) atoms. The third-order valence-electron chi connectivity index (χ3n) is 5.53. The zero-order chi connectivity index (χ0) is 24.4. The van der Waals surface area contributed by atoms with Crippen LogP contribution >= 0.6 is 11.3 Å². The number of methoxy groups -OCH3 is 2. The predicted octanol–water partition coefficient (Wildman–Crippen LogP) is 4.41. The topological polar surface area (TPSA) is 98.2 Å². The number of amides is 1. The average molecular weight is 479 g/mol. The normalized spacial score (nSPS) is 10.9. The number of nitrogens with one attached hydrogen (secondary N) is 2. The molecule has 2 aromatic carbocycles. The van der Waals surface area contributed by atoms with Crippen molar-refractivity contribution in [3.63, 3.8) is 0 Å². The van der Waals surface area contributed by atoms with Crippen molar-refractivity contribution in [1.29, 1.82) is 0 Å². The number of carbonyl (C=O) groups is 1. The lowest BCUT2D eigenvalue weighted by molar-refractivity contribution is 0.102. The van der Waals surface area contributed by atoms with E-state index >= 15 is 0 Å². The summed E-state index contributed by atoms with van der Waals surface area (Å²) in [4.78, 5) is 31.1. The first-order chi connectivity index (χ1) is 16.3. The van der Waals surface area contributed by atoms with Crippen LogP contribution in [0.25, 0.3) is 5.13 Å². The third kappa shape index (κ3) is 4.60. The molecule has 2 heterocycles. The van der Waals surface area contributed by atoms with Gasteiger partial charge >= 0.3 is 0 Å². The Kier molecular flexibility index (Phi) is 6.56. The number of ether oxygens (including phenoxy) is 2. The molecule has 0 aliphatic heterocycles. The lowest BCUT2D eigenvalue weighted by atomic mass is 10.0. The van der Waals surface area contributed by atoms with Crippen LogP contribution < -0.4 is 20.3 Å². The van der Waals surface area contributed by atoms with Crippen LogP contribution in [0, 0.1) is 20.8 Å². The van der Waals surface area contributed by atoms with Gasteiger partial charge in [-0.2, -0.15) is 4.68 Å². The lowest BCUT2D eigenvalue weighted by Gasteiger charge is -2.11. The molecule has 0 saturated carbocycles. The third-order valence-corrected chi connectivity index (χ3v) is 6.68. The second-order valence-corrected chi connectivity index (χ2v) is 8.93. The first-order valence-corrected chi connectivity index (χ1v) is 11.5. The molecule has 0 radical (unpaired) electrons. The van der Waals surface area contributed by atoms with Crippen LogP contribution in [0.15, 0.2) is 47.3 Å². The Hall–Kier alpha value is -3.85. The Balaban J connectivity index is 1.60. The molecular formula is C25H26N4O4S. The number of rotatable bonds is 7. The van der Waals surface area contributed by atoms with Gasteiger partial charge in [0.15, 0.2) is 0 Å². The first-order valence-electron chi connectivity index (χ1n) is 10.7. The van der Waals surface area contributed by atoms with Crippen molar-refractivity contribution < 1.29 is 14.3 Å². The number of aryl methyl sites for hydroxylation is 3. The molecule has 2 aromatic heterocycles. The predicted molar refractivity (Wildman–Crippen MR) is 133 cm³/mol. The van der Waals surface area contributed by atoms with Crippen molar-refractivity contribution in [3.8, 4) is 16.6 Å². The maximum Gasteiger partial charge on any atom is 0.277 e. The van der Waals surface area contributed by atoms with Gasteiger partial charge in [-0.1, -0.05) is 41.2 Å². The smallest absolute Gasteiger partial charge is 0.277 e. The molecule has 4 rings (SSSR count). The summed E-state index contributed by atoms with van der Waals surface area (Å²) in [6.45, 7) is 5.64. The number of carbonyl (C=O) groups excluding carboxylic acids is 1. The Morgan fingerprint density at radius 3 is 2.50 bits per heavy atom. The number of aromatic nitrogens is 3. The maximum atomic E-state index is 13.2. The summed E-state index contributed by atoms with van der Waals surface area (Å²) >= 11 is 1.15. The highest BCUT2D eigenvalue weighted by molar-refractivity contribution is 7.16. The first kappa shape index (κ1) is 23.3. The van der Waals surface area contributed by atoms with Crippen molar-refractivity contribution >= 4 is 22.9 Å². The quantitative estimate of drug-likeness (QED) is 0.410. The highest BCUT2D eigenvalue weighted by Crippen LogP contribution is 2.30. The van der Waals surface area contributed by atoms with Crippen LogP contribution in [0.3, 0.4) is 0 Å². The van der Waals surface area contributed by atoms with Gasteiger partial charge in [-0.3, -0.25) is 14.7 Å². The summed E-state index contributed by atoms with van der Waals surface area (Å²) in [5.74, 6) is 0.766. The maximum absolute atomic E-state index is 13.2. The summed E-state index contributed by atoms with van der Waals surface area (Å²) in [7, 11) is 3.08. The van der Waals surface area contributed by atoms with E-state index < -0.39 is 0 Å². The van der Waals surface area contributed by atoms with Gasteiger partial charge in [0.05, 0.1) is 25.6 Å². The molecule has 0 fully saturated rings. The Morgan fingerprint density at radius 1 is 1.09 bits per heavy atom. The number of H-pyrrole nitrogens is 1. The molecular weight excluding hydrogens is 452 g/mol. The van der Waals surface area contributed by atoms with E-state index in [1.54, 1.807) is 32.2 Å². The summed E-state index contributed by atoms with van der Waals surface area (Å²) in [5, 5.41) is 6.37. The van der Waals surface area contributed by atoms with E-state index in [-0.39, 0.29) is 11.5 Å². The second kappa shape index (κ2) is 9.56. The van der Waals surface area contributed by atoms with Crippen LogP contribution in [-0.2, 0) is 6.42 Å². The number of aromatic amines is 1. The fourth-order valence-corrected chi connectivity index (χ4v) is 4.53. The van der Waals surface area contributed by atoms with Gasteiger partial charge < -0.3 is 14.8 Å². The van der Waals surface area contributed by atoms with Crippen molar-refractivity contribution in [2.24, 2.45) is 0 Å². The van der Waals surface area contributed by atoms with E-state index in [2.05, 4.69) is 15.4 Å². The van der Waals surface area contributed by atoms with Crippen molar-refractivity contribution in [1.82, 2.24) is 14.8 Å². The average Bonchev–Trinajstić information content (AvgIpc) is 3.35. The van der Waals surface area contributed by atoms with Crippen molar-refractivity contribution in [2.75, 3.05) is 19.5 Å². The molecule has 2 N–H and O–H groups in total. The molecule has 4 aromatic rings. The van der Waals surface area contributed by atoms with Gasteiger partial charge in [-0.15, -0.1) is 0 Å². The molecule has 8 nitrogen and oxygen atoms in total. The molecule has 0 aliphatic carbocycles. The van der Waals surface area contributed by atoms with Crippen LogP contribution in [-0.4, -0.2) is 34.9 Å². The van der Waals surface area contributed by atoms with Gasteiger partial charge in [-0.25, -0.2) is 4.98 Å². The molecule has 0 saturated heterocycles. The highest BCUT2D eigenvalue weighted by Gasteiger charge is 2.21. The summed E-state index contributed by atoms with van der Waals surface area (Å²) < 4.78 is 12.0. The minimum absolute atomic E-state index is 0.171. The molecule has 176 valence electrons. The van der Waals surface area contributed by atoms with E-state index in [0.717, 1.165) is 22.6 Å². The Bertz CT molecular complexity index is 1400. The van der Waals surface area contributed by atoms with E-state index in [4.69, 9.17) is 9.47 Å². The Labute approximate surface area is 201 Å². The molecule has 9 heteroatoms. The number of nitrogens with zero attached hydrogens (tertiary/aromatic N) is 2. The van der Waals surface area contributed by atoms with Crippen LogP contribution in [0.4, 0.5) is 5.69 Å². The lowest BCUT2D eigenvalue weighted by Crippen LogP contribution is -2.17. The van der Waals surface area contributed by atoms with Crippen LogP contribution in [0.2, 0.25) is 0 Å². The molecule has 0 unspecified atom stereocenters. The second-order valence-electron chi connectivity index (χ2n) is 7.95. The standard InChI is InChI=1S/C25H26N4O4S/c1-14-6-8-17(9-7-14)12-19-15(2)28-29(24(19)31)25-26-16(3)22(34-25)23(30)27-20-11-10-18(32-4)13-21(20)33-5/h6-11,13,28H,12H2,1-5H3,(H,27,30). The summed E-state index contributed by atoms with van der Waals surface area (Å²) in [6, 6.07) is 13.2. The zero-order valence-electron chi connectivity index (χ0n) is 19.7. The summed E-state index contributed by atoms with van der Waals surface area (Å²) in [5.41, 5.74) is 4.54. The monoisotopic (exact) mass is 478 g/mol. The highest BCUT2D eigenvalue weighted by atomic mass is 32.1. The number of benzene rings is 2. The minimum Gasteiger partial charge on any atom is -0.497 e. The van der Waals surface area contributed by atoms with Crippen LogP contribution in [0.5, 0.6) is 11.5 Å². The van der Waals surface area contributed by atoms with Gasteiger partial charge in [0.1, 0.15) is 16.4 Å². The molecule has 0 bridgehead atoms. The fourth-order valence-electron chi connectivity index (χ4n) is 3.60. The number of anilines is 1. The van der Waals surface area contributed by atoms with E-state index in [1.807, 2.05) is 38.1 Å². The molecule has 1 amide bonds. The van der Waals surface area contributed by atoms with E-state index in [9.17, 15) is 9.59 Å². The van der Waals surface area contributed by atoms with Gasteiger partial charge in [0.25, 0.3) is 11.5 Å². The molecule has 0 spiro atoms. The van der Waals surface area contributed by atoms with Gasteiger partial charge in [0, 0.05) is 23.7 Å². The van der Waals surface area contributed by atoms with Gasteiger partial charge in [-0.05, 0) is 38.5 Å². The molecule has 0 aliphatic rings. The fraction of sp³-hybridized carbons (Fsp3) is 0.240. The molecule has 0 atom stereocenters. The SMILES string of the molecule is COc1ccc(NC(=O)c2sc(-n3[nH]c(C)c(Cc4ccc(C)cc4)c3=O)nc2C)c(OC)c1. The minimum atomic E-state index is -0.332. The summed E-state index contributed by atoms with van der Waals surface area (Å²) in [6.07, 6.45) is 0.517. The number of hydrogen-bond acceptors (Lipinski definition) is 6. The van der Waals surface area contributed by atoms with E-state index in [1.165, 1.54) is 17.4 Å². The van der Waals surface area contributed by atoms with E-state index in [0.29, 0.717) is 44.9 Å². The van der Waals surface area contributed by atoms with Crippen LogP contribution in [0.1, 0.15) is 37.7 Å². The van der Waals surface area contributed by atoms with Crippen molar-refractivity contribution in [3.05, 3.63) is 85.8 Å². The number of thiazole rings is 1.